The zero-order valence-corrected chi connectivity index (χ0v) is 11.4. The van der Waals surface area contributed by atoms with Crippen LogP contribution < -0.4 is 11.5 Å². The summed E-state index contributed by atoms with van der Waals surface area (Å²) in [6, 6.07) is 3.53. The minimum Gasteiger partial charge on any atom is -0.386 e. The quantitative estimate of drug-likeness (QED) is 0.494. The van der Waals surface area contributed by atoms with E-state index in [1.807, 2.05) is 0 Å². The topological polar surface area (TPSA) is 98.8 Å². The number of anilines is 1. The van der Waals surface area contributed by atoms with Gasteiger partial charge >= 0.3 is 5.91 Å². The lowest BCUT2D eigenvalue weighted by molar-refractivity contribution is 0.0999. The van der Waals surface area contributed by atoms with Gasteiger partial charge in [0, 0.05) is 10.7 Å². The number of hydrogen-bond acceptors (Lipinski definition) is 3. The minimum atomic E-state index is -0.606. The average molecular weight is 331 g/mol. The van der Waals surface area contributed by atoms with E-state index >= 15 is 0 Å². The maximum Gasteiger partial charge on any atom is 0.301 e. The Bertz CT molecular complexity index is 651. The lowest BCUT2D eigenvalue weighted by atomic mass is 10.4. The molecule has 0 atom stereocenters. The molecule has 0 saturated heterocycles. The molecule has 2 aromatic rings. The predicted octanol–water partition coefficient (Wildman–Crippen LogP) is 1.42. The summed E-state index contributed by atoms with van der Waals surface area (Å²) in [6.45, 7) is 0. The molecule has 4 N–H and O–H groups in total. The van der Waals surface area contributed by atoms with Crippen LogP contribution in [0.4, 0.5) is 5.82 Å². The molecule has 94 valence electrons. The van der Waals surface area contributed by atoms with E-state index in [2.05, 4.69) is 25.9 Å². The number of imidazole rings is 1. The summed E-state index contributed by atoms with van der Waals surface area (Å²) in [5.74, 6) is -0.392. The number of nitrogens with zero attached hydrogens (tertiary/aromatic N) is 3. The highest BCUT2D eigenvalue weighted by Crippen LogP contribution is 2.19. The van der Waals surface area contributed by atoms with E-state index in [1.54, 1.807) is 22.7 Å². The van der Waals surface area contributed by atoms with E-state index in [0.29, 0.717) is 5.65 Å². The van der Waals surface area contributed by atoms with Crippen molar-refractivity contribution in [2.45, 2.75) is 0 Å². The number of carbonyl (C=O) groups excluding carboxylic acids is 1. The highest BCUT2D eigenvalue weighted by Gasteiger charge is 2.16. The fraction of sp³-hybridized carbons (Fsp3) is 0.100. The summed E-state index contributed by atoms with van der Waals surface area (Å²) < 4.78 is 2.41. The highest BCUT2D eigenvalue weighted by molar-refractivity contribution is 9.10. The van der Waals surface area contributed by atoms with Crippen LogP contribution in [0.3, 0.4) is 0 Å². The average Bonchev–Trinajstić information content (AvgIpc) is 2.66. The van der Waals surface area contributed by atoms with Crippen molar-refractivity contribution in [2.24, 2.45) is 10.7 Å². The van der Waals surface area contributed by atoms with Crippen LogP contribution in [0.1, 0.15) is 10.5 Å². The normalized spacial score (nSPS) is 12.0. The van der Waals surface area contributed by atoms with Crippen molar-refractivity contribution in [3.8, 4) is 0 Å². The number of nitrogens with two attached hydrogens (primary N) is 2. The van der Waals surface area contributed by atoms with Crippen LogP contribution in [0.5, 0.6) is 0 Å². The van der Waals surface area contributed by atoms with E-state index in [-0.39, 0.29) is 23.2 Å². The number of alkyl halides is 1. The Morgan fingerprint density at radius 1 is 1.56 bits per heavy atom. The predicted molar refractivity (Wildman–Crippen MR) is 74.0 cm³/mol. The standard InChI is InChI=1S/C10H9BrClN5O/c11-5-1-2-7-16-8(9(14)17(7)4-5)10(18)15-6(13)3-12/h1-2,4H,3,14H2,(H2,13,15,18). The van der Waals surface area contributed by atoms with Gasteiger partial charge in [-0.1, -0.05) is 0 Å². The molecule has 0 aliphatic carbocycles. The number of aromatic nitrogens is 2. The number of rotatable bonds is 2. The third-order valence-electron chi connectivity index (χ3n) is 2.20. The van der Waals surface area contributed by atoms with Gasteiger partial charge in [0.05, 0.1) is 5.88 Å². The molecule has 0 unspecified atom stereocenters. The molecule has 2 rings (SSSR count). The molecule has 0 aliphatic heterocycles. The smallest absolute Gasteiger partial charge is 0.301 e. The Hall–Kier alpha value is -1.60. The van der Waals surface area contributed by atoms with Crippen molar-refractivity contribution in [1.82, 2.24) is 9.38 Å². The van der Waals surface area contributed by atoms with Gasteiger partial charge in [-0.2, -0.15) is 4.99 Å². The number of halogens is 2. The van der Waals surface area contributed by atoms with Crippen LogP contribution in [0.2, 0.25) is 0 Å². The summed E-state index contributed by atoms with van der Waals surface area (Å²) >= 11 is 8.76. The molecule has 0 radical (unpaired) electrons. The van der Waals surface area contributed by atoms with Crippen LogP contribution in [0.25, 0.3) is 5.65 Å². The van der Waals surface area contributed by atoms with Crippen LogP contribution in [0.15, 0.2) is 27.8 Å². The second-order valence-electron chi connectivity index (χ2n) is 3.46. The number of amides is 1. The number of nitrogen functional groups attached to an aromatic ring is 1. The summed E-state index contributed by atoms with van der Waals surface area (Å²) in [6.07, 6.45) is 1.71. The first-order valence-corrected chi connectivity index (χ1v) is 6.22. The van der Waals surface area contributed by atoms with E-state index in [1.165, 1.54) is 0 Å². The number of fused-ring (bicyclic) bond motifs is 1. The first-order chi connectivity index (χ1) is 8.52. The Kier molecular flexibility index (Phi) is 3.53. The summed E-state index contributed by atoms with van der Waals surface area (Å²) in [5, 5.41) is 0. The zero-order chi connectivity index (χ0) is 13.3. The number of aliphatic imine (C=N–C) groups is 1. The van der Waals surface area contributed by atoms with Crippen molar-refractivity contribution in [3.63, 3.8) is 0 Å². The molecule has 2 aromatic heterocycles. The van der Waals surface area contributed by atoms with Crippen LogP contribution in [-0.2, 0) is 0 Å². The second kappa shape index (κ2) is 4.95. The van der Waals surface area contributed by atoms with Crippen LogP contribution >= 0.6 is 27.5 Å². The van der Waals surface area contributed by atoms with Crippen molar-refractivity contribution < 1.29 is 4.79 Å². The molecule has 6 nitrogen and oxygen atoms in total. The number of amidine groups is 1. The van der Waals surface area contributed by atoms with Gasteiger partial charge in [0.2, 0.25) is 0 Å². The second-order valence-corrected chi connectivity index (χ2v) is 4.65. The fourth-order valence-corrected chi connectivity index (χ4v) is 1.80. The Labute approximate surface area is 116 Å². The summed E-state index contributed by atoms with van der Waals surface area (Å²) in [7, 11) is 0. The van der Waals surface area contributed by atoms with Gasteiger partial charge < -0.3 is 11.5 Å². The maximum atomic E-state index is 11.8. The first-order valence-electron chi connectivity index (χ1n) is 4.89. The van der Waals surface area contributed by atoms with Crippen molar-refractivity contribution in [3.05, 3.63) is 28.5 Å². The minimum absolute atomic E-state index is 0.0232. The third-order valence-corrected chi connectivity index (χ3v) is 2.95. The third kappa shape index (κ3) is 2.32. The number of pyridine rings is 1. The molecular formula is C10H9BrClN5O. The van der Waals surface area contributed by atoms with Crippen molar-refractivity contribution in [2.75, 3.05) is 11.6 Å². The monoisotopic (exact) mass is 329 g/mol. The molecule has 0 bridgehead atoms. The van der Waals surface area contributed by atoms with E-state index in [9.17, 15) is 4.79 Å². The molecule has 1 amide bonds. The lowest BCUT2D eigenvalue weighted by Crippen LogP contribution is -2.16. The fourth-order valence-electron chi connectivity index (χ4n) is 1.41. The molecule has 0 aliphatic rings. The van der Waals surface area contributed by atoms with E-state index < -0.39 is 5.91 Å². The molecule has 0 aromatic carbocycles. The van der Waals surface area contributed by atoms with Gasteiger partial charge in [0.1, 0.15) is 17.3 Å². The van der Waals surface area contributed by atoms with Gasteiger partial charge in [-0.15, -0.1) is 11.6 Å². The molecule has 0 spiro atoms. The Balaban J connectivity index is 2.52. The zero-order valence-electron chi connectivity index (χ0n) is 9.10. The SMILES string of the molecule is NC(CCl)=NC(=O)c1nc2ccc(Br)cn2c1N. The number of hydrogen-bond donors (Lipinski definition) is 2. The first kappa shape index (κ1) is 12.8. The Morgan fingerprint density at radius 3 is 2.94 bits per heavy atom. The molecular weight excluding hydrogens is 322 g/mol. The Morgan fingerprint density at radius 2 is 2.28 bits per heavy atom. The van der Waals surface area contributed by atoms with Gasteiger partial charge in [0.25, 0.3) is 0 Å². The van der Waals surface area contributed by atoms with Crippen LogP contribution in [-0.4, -0.2) is 27.0 Å². The van der Waals surface area contributed by atoms with Gasteiger partial charge in [-0.25, -0.2) is 4.98 Å². The van der Waals surface area contributed by atoms with Crippen molar-refractivity contribution >= 4 is 50.7 Å². The van der Waals surface area contributed by atoms with E-state index in [0.717, 1.165) is 4.47 Å². The largest absolute Gasteiger partial charge is 0.386 e. The highest BCUT2D eigenvalue weighted by atomic mass is 79.9. The molecule has 18 heavy (non-hydrogen) atoms. The molecule has 0 fully saturated rings. The van der Waals surface area contributed by atoms with Gasteiger partial charge in [-0.3, -0.25) is 9.20 Å². The summed E-state index contributed by atoms with van der Waals surface area (Å²) in [4.78, 5) is 19.5. The van der Waals surface area contributed by atoms with E-state index in [4.69, 9.17) is 23.1 Å². The lowest BCUT2D eigenvalue weighted by Gasteiger charge is -1.97. The van der Waals surface area contributed by atoms with Gasteiger partial charge in [0.15, 0.2) is 5.69 Å². The molecule has 8 heteroatoms. The van der Waals surface area contributed by atoms with Crippen LogP contribution in [0, 0.1) is 0 Å². The summed E-state index contributed by atoms with van der Waals surface area (Å²) in [5.41, 5.74) is 11.8. The number of carbonyl (C=O) groups is 1. The maximum absolute atomic E-state index is 11.8. The van der Waals surface area contributed by atoms with Gasteiger partial charge in [-0.05, 0) is 28.1 Å². The molecule has 0 saturated carbocycles. The molecule has 2 heterocycles. The van der Waals surface area contributed by atoms with Crippen molar-refractivity contribution in [1.29, 1.82) is 0 Å².